The molecular weight excluding hydrogens is 318 g/mol. The fourth-order valence-electron chi connectivity index (χ4n) is 2.41. The summed E-state index contributed by atoms with van der Waals surface area (Å²) in [6.07, 6.45) is 2.90. The topological polar surface area (TPSA) is 47.0 Å². The Balaban J connectivity index is 1.48. The highest BCUT2D eigenvalue weighted by Crippen LogP contribution is 2.24. The van der Waals surface area contributed by atoms with E-state index < -0.39 is 0 Å². The van der Waals surface area contributed by atoms with Crippen LogP contribution in [0.15, 0.2) is 48.7 Å². The molecular formula is C19H21N3OS. The minimum Gasteiger partial charge on any atom is -0.497 e. The van der Waals surface area contributed by atoms with Crippen molar-refractivity contribution >= 4 is 11.3 Å². The van der Waals surface area contributed by atoms with Crippen molar-refractivity contribution in [2.24, 2.45) is 0 Å². The number of aromatic nitrogens is 2. The molecule has 0 aliphatic carbocycles. The first-order chi connectivity index (χ1) is 11.7. The Morgan fingerprint density at radius 1 is 1.12 bits per heavy atom. The van der Waals surface area contributed by atoms with Crippen molar-refractivity contribution in [2.45, 2.75) is 19.9 Å². The molecule has 3 rings (SSSR count). The van der Waals surface area contributed by atoms with Crippen molar-refractivity contribution < 1.29 is 4.74 Å². The lowest BCUT2D eigenvalue weighted by molar-refractivity contribution is 0.414. The molecule has 0 atom stereocenters. The predicted octanol–water partition coefficient (Wildman–Crippen LogP) is 3.85. The predicted molar refractivity (Wildman–Crippen MR) is 98.5 cm³/mol. The number of nitrogens with one attached hydrogen (secondary N) is 1. The number of nitrogens with zero attached hydrogens (tertiary/aromatic N) is 2. The van der Waals surface area contributed by atoms with Gasteiger partial charge in [-0.15, -0.1) is 11.3 Å². The molecule has 2 aromatic heterocycles. The number of pyridine rings is 1. The van der Waals surface area contributed by atoms with Crippen LogP contribution in [0.5, 0.6) is 5.75 Å². The van der Waals surface area contributed by atoms with Gasteiger partial charge in [0.2, 0.25) is 0 Å². The number of ether oxygens (including phenoxy) is 1. The molecule has 4 nitrogen and oxygen atoms in total. The number of hydrogen-bond acceptors (Lipinski definition) is 5. The van der Waals surface area contributed by atoms with E-state index in [1.54, 1.807) is 18.4 Å². The van der Waals surface area contributed by atoms with Crippen LogP contribution in [-0.2, 0) is 13.0 Å². The molecule has 0 fully saturated rings. The molecule has 3 aromatic rings. The van der Waals surface area contributed by atoms with Gasteiger partial charge in [0.15, 0.2) is 0 Å². The van der Waals surface area contributed by atoms with Gasteiger partial charge in [-0.1, -0.05) is 18.2 Å². The fourth-order valence-corrected chi connectivity index (χ4v) is 3.27. The molecule has 0 saturated heterocycles. The lowest BCUT2D eigenvalue weighted by Gasteiger charge is -2.04. The van der Waals surface area contributed by atoms with Gasteiger partial charge in [0.1, 0.15) is 10.8 Å². The van der Waals surface area contributed by atoms with E-state index in [0.29, 0.717) is 0 Å². The summed E-state index contributed by atoms with van der Waals surface area (Å²) in [7, 11) is 1.69. The molecule has 1 N–H and O–H groups in total. The van der Waals surface area contributed by atoms with Gasteiger partial charge in [-0.3, -0.25) is 4.98 Å². The second kappa shape index (κ2) is 8.04. The number of methoxy groups -OCH3 is 1. The molecule has 0 bridgehead atoms. The van der Waals surface area contributed by atoms with Crippen molar-refractivity contribution in [1.82, 2.24) is 15.3 Å². The molecule has 24 heavy (non-hydrogen) atoms. The van der Waals surface area contributed by atoms with Gasteiger partial charge < -0.3 is 10.1 Å². The zero-order valence-corrected chi connectivity index (χ0v) is 14.8. The Morgan fingerprint density at radius 3 is 2.71 bits per heavy atom. The zero-order chi connectivity index (χ0) is 16.8. The molecule has 0 spiro atoms. The second-order valence-corrected chi connectivity index (χ2v) is 6.67. The number of benzene rings is 1. The molecule has 2 heterocycles. The third-order valence-corrected chi connectivity index (χ3v) is 4.74. The normalized spacial score (nSPS) is 10.8. The maximum atomic E-state index is 5.17. The van der Waals surface area contributed by atoms with E-state index in [-0.39, 0.29) is 0 Å². The molecule has 0 aliphatic heterocycles. The van der Waals surface area contributed by atoms with Gasteiger partial charge in [0.25, 0.3) is 0 Å². The van der Waals surface area contributed by atoms with E-state index in [2.05, 4.69) is 27.4 Å². The standard InChI is InChI=1S/C19H21N3OS/c1-14-4-3-5-17(22-14)18-12-21-19(24-18)13-20-11-10-15-6-8-16(23-2)9-7-15/h3-9,12,20H,10-11,13H2,1-2H3. The molecule has 0 amide bonds. The average molecular weight is 339 g/mol. The van der Waals surface area contributed by atoms with E-state index in [0.717, 1.165) is 46.5 Å². The lowest BCUT2D eigenvalue weighted by Crippen LogP contribution is -2.16. The Hall–Kier alpha value is -2.24. The first kappa shape index (κ1) is 16.6. The van der Waals surface area contributed by atoms with Crippen LogP contribution in [0.2, 0.25) is 0 Å². The maximum absolute atomic E-state index is 5.17. The van der Waals surface area contributed by atoms with Gasteiger partial charge in [-0.05, 0) is 49.7 Å². The summed E-state index contributed by atoms with van der Waals surface area (Å²) in [6, 6.07) is 14.3. The highest BCUT2D eigenvalue weighted by molar-refractivity contribution is 7.15. The smallest absolute Gasteiger partial charge is 0.118 e. The largest absolute Gasteiger partial charge is 0.497 e. The number of aryl methyl sites for hydroxylation is 1. The van der Waals surface area contributed by atoms with Gasteiger partial charge in [0, 0.05) is 18.4 Å². The fraction of sp³-hybridized carbons (Fsp3) is 0.263. The van der Waals surface area contributed by atoms with E-state index in [1.165, 1.54) is 5.56 Å². The summed E-state index contributed by atoms with van der Waals surface area (Å²) in [5.74, 6) is 0.895. The van der Waals surface area contributed by atoms with E-state index in [9.17, 15) is 0 Å². The Kier molecular flexibility index (Phi) is 5.56. The van der Waals surface area contributed by atoms with Crippen LogP contribution in [0.1, 0.15) is 16.3 Å². The Morgan fingerprint density at radius 2 is 1.96 bits per heavy atom. The highest BCUT2D eigenvalue weighted by atomic mass is 32.1. The lowest BCUT2D eigenvalue weighted by atomic mass is 10.1. The summed E-state index contributed by atoms with van der Waals surface area (Å²) < 4.78 is 5.17. The minimum absolute atomic E-state index is 0.784. The first-order valence-electron chi connectivity index (χ1n) is 7.97. The molecule has 1 aromatic carbocycles. The van der Waals surface area contributed by atoms with Crippen molar-refractivity contribution in [2.75, 3.05) is 13.7 Å². The van der Waals surface area contributed by atoms with Crippen LogP contribution >= 0.6 is 11.3 Å². The van der Waals surface area contributed by atoms with Gasteiger partial charge in [-0.2, -0.15) is 0 Å². The van der Waals surface area contributed by atoms with Crippen LogP contribution in [0.3, 0.4) is 0 Å². The average Bonchev–Trinajstić information content (AvgIpc) is 3.08. The Labute approximate surface area is 146 Å². The van der Waals surface area contributed by atoms with E-state index in [4.69, 9.17) is 4.74 Å². The molecule has 5 heteroatoms. The van der Waals surface area contributed by atoms with Crippen molar-refractivity contribution in [3.63, 3.8) is 0 Å². The number of hydrogen-bond donors (Lipinski definition) is 1. The van der Waals surface area contributed by atoms with Crippen LogP contribution < -0.4 is 10.1 Å². The van der Waals surface area contributed by atoms with Crippen molar-refractivity contribution in [1.29, 1.82) is 0 Å². The molecule has 124 valence electrons. The third-order valence-electron chi connectivity index (χ3n) is 3.72. The van der Waals surface area contributed by atoms with Crippen molar-refractivity contribution in [3.05, 3.63) is 64.9 Å². The molecule has 0 aliphatic rings. The van der Waals surface area contributed by atoms with Gasteiger partial charge >= 0.3 is 0 Å². The van der Waals surface area contributed by atoms with Crippen molar-refractivity contribution in [3.8, 4) is 16.3 Å². The summed E-state index contributed by atoms with van der Waals surface area (Å²) >= 11 is 1.69. The summed E-state index contributed by atoms with van der Waals surface area (Å²) in [5.41, 5.74) is 3.32. The van der Waals surface area contributed by atoms with Gasteiger partial charge in [-0.25, -0.2) is 4.98 Å². The quantitative estimate of drug-likeness (QED) is 0.664. The molecule has 0 radical (unpaired) electrons. The van der Waals surface area contributed by atoms with Crippen LogP contribution in [0.4, 0.5) is 0 Å². The number of rotatable bonds is 7. The van der Waals surface area contributed by atoms with Crippen LogP contribution in [0, 0.1) is 6.92 Å². The van der Waals surface area contributed by atoms with Gasteiger partial charge in [0.05, 0.1) is 17.7 Å². The minimum atomic E-state index is 0.784. The van der Waals surface area contributed by atoms with Crippen LogP contribution in [-0.4, -0.2) is 23.6 Å². The maximum Gasteiger partial charge on any atom is 0.118 e. The summed E-state index contributed by atoms with van der Waals surface area (Å²) in [5, 5.41) is 4.54. The zero-order valence-electron chi connectivity index (χ0n) is 14.0. The van der Waals surface area contributed by atoms with E-state index in [1.807, 2.05) is 43.5 Å². The van der Waals surface area contributed by atoms with E-state index >= 15 is 0 Å². The third kappa shape index (κ3) is 4.40. The molecule has 0 saturated carbocycles. The highest BCUT2D eigenvalue weighted by Gasteiger charge is 2.05. The summed E-state index contributed by atoms with van der Waals surface area (Å²) in [6.45, 7) is 3.71. The SMILES string of the molecule is COc1ccc(CCNCc2ncc(-c3cccc(C)n3)s2)cc1. The first-order valence-corrected chi connectivity index (χ1v) is 8.78. The summed E-state index contributed by atoms with van der Waals surface area (Å²) in [4.78, 5) is 10.2. The van der Waals surface area contributed by atoms with Crippen LogP contribution in [0.25, 0.3) is 10.6 Å². The second-order valence-electron chi connectivity index (χ2n) is 5.56. The monoisotopic (exact) mass is 339 g/mol. The number of thiazole rings is 1. The molecule has 0 unspecified atom stereocenters. The Bertz CT molecular complexity index is 783.